The fourth-order valence-corrected chi connectivity index (χ4v) is 4.42. The second kappa shape index (κ2) is 11.3. The summed E-state index contributed by atoms with van der Waals surface area (Å²) in [5, 5.41) is 10.1. The Morgan fingerprint density at radius 3 is 2.57 bits per heavy atom. The van der Waals surface area contributed by atoms with Gasteiger partial charge in [-0.05, 0) is 67.8 Å². The fourth-order valence-electron chi connectivity index (χ4n) is 4.42. The van der Waals surface area contributed by atoms with Crippen molar-refractivity contribution >= 4 is 22.7 Å². The molecule has 2 aromatic heterocycles. The summed E-state index contributed by atoms with van der Waals surface area (Å²) < 4.78 is 19.4. The third-order valence-electron chi connectivity index (χ3n) is 6.12. The van der Waals surface area contributed by atoms with Crippen LogP contribution in [0.1, 0.15) is 54.1 Å². The first-order valence-electron chi connectivity index (χ1n) is 12.4. The van der Waals surface area contributed by atoms with E-state index in [0.717, 1.165) is 51.9 Å². The van der Waals surface area contributed by atoms with Crippen molar-refractivity contribution in [1.29, 1.82) is 0 Å². The van der Waals surface area contributed by atoms with Crippen LogP contribution in [-0.4, -0.2) is 39.6 Å². The van der Waals surface area contributed by atoms with Crippen LogP contribution < -0.4 is 9.47 Å². The van der Waals surface area contributed by atoms with Gasteiger partial charge in [-0.1, -0.05) is 13.3 Å². The van der Waals surface area contributed by atoms with Crippen molar-refractivity contribution in [1.82, 2.24) is 9.55 Å². The predicted molar refractivity (Wildman–Crippen MR) is 141 cm³/mol. The lowest BCUT2D eigenvalue weighted by Gasteiger charge is -2.13. The van der Waals surface area contributed by atoms with Crippen LogP contribution in [0.25, 0.3) is 22.4 Å². The van der Waals surface area contributed by atoms with Gasteiger partial charge in [0, 0.05) is 36.0 Å². The number of benzene rings is 2. The van der Waals surface area contributed by atoms with E-state index in [9.17, 15) is 9.59 Å². The zero-order valence-electron chi connectivity index (χ0n) is 21.7. The Morgan fingerprint density at radius 1 is 1.08 bits per heavy atom. The molecule has 194 valence electrons. The maximum absolute atomic E-state index is 11.7. The molecule has 0 bridgehead atoms. The van der Waals surface area contributed by atoms with Gasteiger partial charge in [0.15, 0.2) is 11.5 Å². The highest BCUT2D eigenvalue weighted by Crippen LogP contribution is 2.29. The standard InChI is InChI=1S/C29H32N2O6/c1-5-7-21-14-22(29-30-19(3)28(37-29)20(4)32)8-11-26(21)36-13-6-12-35-23-9-10-25-24(15-23)18(2)16-31(25)17-27(33)34/h8-11,14-16H,5-7,12-13,17H2,1-4H3,(H,33,34). The van der Waals surface area contributed by atoms with Crippen LogP contribution >= 0.6 is 0 Å². The van der Waals surface area contributed by atoms with Gasteiger partial charge in [-0.2, -0.15) is 0 Å². The second-order valence-corrected chi connectivity index (χ2v) is 9.13. The van der Waals surface area contributed by atoms with Crippen LogP contribution in [0.15, 0.2) is 47.0 Å². The minimum atomic E-state index is -0.871. The summed E-state index contributed by atoms with van der Waals surface area (Å²) in [6.07, 6.45) is 4.36. The molecule has 0 saturated carbocycles. The first kappa shape index (κ1) is 26.0. The number of aryl methyl sites for hydroxylation is 3. The van der Waals surface area contributed by atoms with Crippen LogP contribution in [0.2, 0.25) is 0 Å². The van der Waals surface area contributed by atoms with Crippen molar-refractivity contribution < 1.29 is 28.6 Å². The lowest BCUT2D eigenvalue weighted by molar-refractivity contribution is -0.137. The monoisotopic (exact) mass is 504 g/mol. The van der Waals surface area contributed by atoms with E-state index in [1.807, 2.05) is 49.5 Å². The zero-order valence-corrected chi connectivity index (χ0v) is 21.7. The maximum Gasteiger partial charge on any atom is 0.323 e. The molecule has 37 heavy (non-hydrogen) atoms. The summed E-state index contributed by atoms with van der Waals surface area (Å²) in [4.78, 5) is 27.2. The quantitative estimate of drug-likeness (QED) is 0.186. The number of fused-ring (bicyclic) bond motifs is 1. The van der Waals surface area contributed by atoms with E-state index in [1.54, 1.807) is 11.5 Å². The van der Waals surface area contributed by atoms with E-state index < -0.39 is 5.97 Å². The first-order valence-corrected chi connectivity index (χ1v) is 12.4. The summed E-state index contributed by atoms with van der Waals surface area (Å²) in [7, 11) is 0. The topological polar surface area (TPSA) is 104 Å². The van der Waals surface area contributed by atoms with Crippen molar-refractivity contribution in [2.75, 3.05) is 13.2 Å². The van der Waals surface area contributed by atoms with E-state index >= 15 is 0 Å². The van der Waals surface area contributed by atoms with Crippen LogP contribution in [0.5, 0.6) is 11.5 Å². The number of hydrogen-bond donors (Lipinski definition) is 1. The molecule has 0 spiro atoms. The van der Waals surface area contributed by atoms with Crippen molar-refractivity contribution in [3.63, 3.8) is 0 Å². The second-order valence-electron chi connectivity index (χ2n) is 9.13. The molecular weight excluding hydrogens is 472 g/mol. The summed E-state index contributed by atoms with van der Waals surface area (Å²) in [5.74, 6) is 1.27. The predicted octanol–water partition coefficient (Wildman–Crippen LogP) is 6.00. The number of aromatic nitrogens is 2. The molecule has 0 unspecified atom stereocenters. The van der Waals surface area contributed by atoms with Gasteiger partial charge in [0.2, 0.25) is 5.89 Å². The van der Waals surface area contributed by atoms with Gasteiger partial charge in [0.05, 0.1) is 18.9 Å². The van der Waals surface area contributed by atoms with Crippen molar-refractivity contribution in [3.8, 4) is 23.0 Å². The van der Waals surface area contributed by atoms with Gasteiger partial charge in [-0.25, -0.2) is 4.98 Å². The average molecular weight is 505 g/mol. The van der Waals surface area contributed by atoms with Crippen LogP contribution in [0, 0.1) is 13.8 Å². The van der Waals surface area contributed by atoms with E-state index in [2.05, 4.69) is 11.9 Å². The van der Waals surface area contributed by atoms with E-state index in [-0.39, 0.29) is 12.3 Å². The summed E-state index contributed by atoms with van der Waals surface area (Å²) >= 11 is 0. The number of carboxylic acid groups (broad SMARTS) is 1. The molecule has 4 aromatic rings. The van der Waals surface area contributed by atoms with Crippen LogP contribution in [0.4, 0.5) is 0 Å². The smallest absolute Gasteiger partial charge is 0.323 e. The molecule has 4 rings (SSSR count). The van der Waals surface area contributed by atoms with Gasteiger partial charge < -0.3 is 23.6 Å². The lowest BCUT2D eigenvalue weighted by atomic mass is 10.1. The zero-order chi connectivity index (χ0) is 26.5. The normalized spacial score (nSPS) is 11.1. The molecule has 0 fully saturated rings. The molecule has 0 radical (unpaired) electrons. The molecule has 0 atom stereocenters. The number of Topliss-reactive ketones (excluding diaryl/α,β-unsaturated/α-hetero) is 1. The largest absolute Gasteiger partial charge is 0.493 e. The minimum Gasteiger partial charge on any atom is -0.493 e. The Balaban J connectivity index is 1.35. The van der Waals surface area contributed by atoms with Gasteiger partial charge in [0.25, 0.3) is 0 Å². The van der Waals surface area contributed by atoms with Crippen LogP contribution in [0.3, 0.4) is 0 Å². The minimum absolute atomic E-state index is 0.0694. The molecule has 1 N–H and O–H groups in total. The summed E-state index contributed by atoms with van der Waals surface area (Å²) in [5.41, 5.74) is 4.35. The Labute approximate surface area is 215 Å². The number of aliphatic carboxylic acids is 1. The number of ether oxygens (including phenoxy) is 2. The molecule has 8 nitrogen and oxygen atoms in total. The highest BCUT2D eigenvalue weighted by Gasteiger charge is 2.16. The number of hydrogen-bond acceptors (Lipinski definition) is 6. The van der Waals surface area contributed by atoms with Crippen molar-refractivity contribution in [2.45, 2.75) is 53.5 Å². The molecule has 0 aliphatic carbocycles. The molecule has 0 aliphatic heterocycles. The Morgan fingerprint density at radius 2 is 1.86 bits per heavy atom. The highest BCUT2D eigenvalue weighted by atomic mass is 16.5. The average Bonchev–Trinajstić information content (AvgIpc) is 3.39. The summed E-state index contributed by atoms with van der Waals surface area (Å²) in [6.45, 7) is 8.23. The van der Waals surface area contributed by atoms with Gasteiger partial charge in [-0.3, -0.25) is 9.59 Å². The molecule has 0 saturated heterocycles. The fraction of sp³-hybridized carbons (Fsp3) is 0.345. The molecular formula is C29H32N2O6. The molecule has 2 heterocycles. The Kier molecular flexibility index (Phi) is 7.96. The third-order valence-corrected chi connectivity index (χ3v) is 6.12. The number of oxazole rings is 1. The van der Waals surface area contributed by atoms with Crippen molar-refractivity contribution in [2.24, 2.45) is 0 Å². The number of carbonyl (C=O) groups excluding carboxylic acids is 1. The van der Waals surface area contributed by atoms with Gasteiger partial charge in [-0.15, -0.1) is 0 Å². The number of carbonyl (C=O) groups is 2. The van der Waals surface area contributed by atoms with Crippen molar-refractivity contribution in [3.05, 3.63) is 65.2 Å². The van der Waals surface area contributed by atoms with Crippen LogP contribution in [-0.2, 0) is 17.8 Å². The molecule has 0 amide bonds. The summed E-state index contributed by atoms with van der Waals surface area (Å²) in [6, 6.07) is 11.5. The van der Waals surface area contributed by atoms with E-state index in [1.165, 1.54) is 6.92 Å². The van der Waals surface area contributed by atoms with Gasteiger partial charge >= 0.3 is 5.97 Å². The lowest BCUT2D eigenvalue weighted by Crippen LogP contribution is -2.07. The van der Waals surface area contributed by atoms with E-state index in [0.29, 0.717) is 37.0 Å². The number of carboxylic acids is 1. The number of ketones is 1. The molecule has 2 aromatic carbocycles. The maximum atomic E-state index is 11.7. The molecule has 8 heteroatoms. The van der Waals surface area contributed by atoms with Gasteiger partial charge in [0.1, 0.15) is 18.0 Å². The highest BCUT2D eigenvalue weighted by molar-refractivity contribution is 5.92. The molecule has 0 aliphatic rings. The Bertz CT molecular complexity index is 1430. The Hall–Kier alpha value is -4.07. The first-order chi connectivity index (χ1) is 17.8. The van der Waals surface area contributed by atoms with E-state index in [4.69, 9.17) is 19.0 Å². The SMILES string of the molecule is CCCc1cc(-c2nc(C)c(C(C)=O)o2)ccc1OCCCOc1ccc2c(c1)c(C)cn2CC(=O)O. The number of rotatable bonds is 12. The number of nitrogens with zero attached hydrogens (tertiary/aromatic N) is 2. The third kappa shape index (κ3) is 6.02.